The molecule has 9 nitrogen and oxygen atoms in total. The maximum absolute atomic E-state index is 13.4. The number of rotatable bonds is 5. The molecule has 6 rings (SSSR count). The maximum atomic E-state index is 13.4. The fourth-order valence-corrected chi connectivity index (χ4v) is 5.79. The van der Waals surface area contributed by atoms with Gasteiger partial charge in [0.25, 0.3) is 0 Å². The Morgan fingerprint density at radius 3 is 2.94 bits per heavy atom. The van der Waals surface area contributed by atoms with E-state index in [1.165, 1.54) is 17.7 Å². The van der Waals surface area contributed by atoms with Crippen LogP contribution in [0.15, 0.2) is 12.3 Å². The fraction of sp³-hybridized carbons (Fsp3) is 0.600. The van der Waals surface area contributed by atoms with Crippen molar-refractivity contribution in [2.45, 2.75) is 40.0 Å². The average molecular weight is 464 g/mol. The summed E-state index contributed by atoms with van der Waals surface area (Å²) in [4.78, 5) is 30.1. The van der Waals surface area contributed by atoms with E-state index in [1.54, 1.807) is 11.1 Å². The summed E-state index contributed by atoms with van der Waals surface area (Å²) in [6.45, 7) is 10.3. The van der Waals surface area contributed by atoms with Crippen molar-refractivity contribution in [3.8, 4) is 11.5 Å². The van der Waals surface area contributed by atoms with E-state index < -0.39 is 5.41 Å². The number of hydrogen-bond acceptors (Lipinski definition) is 6. The summed E-state index contributed by atoms with van der Waals surface area (Å²) >= 11 is 0. The standard InChI is InChI=1S/C25H33N7O2/c1-24(2,14-32-5-7-34-8-6-32)23(33)31(4)16-10-18-21(26-13-16)28-22(27-18)20-17-9-15-11-25(15,3)12-19(17)29-30-20/h10,13,15H,5-9,11-12,14H2,1-4H3,(H,29,30)(H,26,27,28)/t15-,25-/m1/s1. The van der Waals surface area contributed by atoms with Crippen LogP contribution >= 0.6 is 0 Å². The summed E-state index contributed by atoms with van der Waals surface area (Å²) in [5, 5.41) is 7.85. The summed E-state index contributed by atoms with van der Waals surface area (Å²) in [7, 11) is 1.82. The summed E-state index contributed by atoms with van der Waals surface area (Å²) in [5.41, 5.74) is 5.56. The van der Waals surface area contributed by atoms with Crippen LogP contribution in [0.25, 0.3) is 22.7 Å². The number of anilines is 1. The van der Waals surface area contributed by atoms with Gasteiger partial charge in [0, 0.05) is 37.9 Å². The Labute approximate surface area is 199 Å². The Morgan fingerprint density at radius 2 is 2.15 bits per heavy atom. The summed E-state index contributed by atoms with van der Waals surface area (Å²) in [6.07, 6.45) is 5.15. The van der Waals surface area contributed by atoms with Crippen LogP contribution < -0.4 is 4.90 Å². The number of nitrogens with one attached hydrogen (secondary N) is 2. The van der Waals surface area contributed by atoms with Gasteiger partial charge in [0.15, 0.2) is 11.5 Å². The lowest BCUT2D eigenvalue weighted by atomic mass is 9.88. The van der Waals surface area contributed by atoms with Crippen LogP contribution in [0.4, 0.5) is 5.69 Å². The van der Waals surface area contributed by atoms with Crippen molar-refractivity contribution in [3.63, 3.8) is 0 Å². The van der Waals surface area contributed by atoms with Crippen molar-refractivity contribution >= 4 is 22.8 Å². The van der Waals surface area contributed by atoms with Crippen molar-refractivity contribution in [2.75, 3.05) is 44.8 Å². The van der Waals surface area contributed by atoms with Gasteiger partial charge in [0.2, 0.25) is 5.91 Å². The first-order valence-corrected chi connectivity index (χ1v) is 12.2. The number of hydrogen-bond donors (Lipinski definition) is 2. The Hall–Kier alpha value is -2.78. The number of fused-ring (bicyclic) bond motifs is 3. The number of pyridine rings is 1. The second-order valence-corrected chi connectivity index (χ2v) is 11.3. The molecule has 1 amide bonds. The third kappa shape index (κ3) is 3.62. The highest BCUT2D eigenvalue weighted by Crippen LogP contribution is 2.59. The maximum Gasteiger partial charge on any atom is 0.233 e. The molecule has 1 aliphatic heterocycles. The van der Waals surface area contributed by atoms with Crippen LogP contribution in [-0.2, 0) is 22.4 Å². The molecule has 2 N–H and O–H groups in total. The van der Waals surface area contributed by atoms with Crippen molar-refractivity contribution in [1.82, 2.24) is 30.0 Å². The topological polar surface area (TPSA) is 103 Å². The molecule has 4 heterocycles. The number of imidazole rings is 1. The van der Waals surface area contributed by atoms with Crippen LogP contribution in [0.1, 0.15) is 38.4 Å². The number of morpholine rings is 1. The third-order valence-electron chi connectivity index (χ3n) is 8.06. The van der Waals surface area contributed by atoms with E-state index in [1.807, 2.05) is 27.0 Å². The Bertz CT molecular complexity index is 1260. The number of carbonyl (C=O) groups excluding carboxylic acids is 1. The van der Waals surface area contributed by atoms with Gasteiger partial charge in [-0.15, -0.1) is 0 Å². The summed E-state index contributed by atoms with van der Waals surface area (Å²) < 4.78 is 5.44. The zero-order valence-corrected chi connectivity index (χ0v) is 20.4. The SMILES string of the molecule is CN(C(=O)C(C)(C)CN1CCOCC1)c1cnc2nc(-c3n[nH]c4c3C[C@@H]3C[C@]3(C)C4)[nH]c2c1. The Kier molecular flexibility index (Phi) is 4.87. The first kappa shape index (κ1) is 21.7. The van der Waals surface area contributed by atoms with Gasteiger partial charge < -0.3 is 14.6 Å². The molecule has 2 fully saturated rings. The lowest BCUT2D eigenvalue weighted by molar-refractivity contribution is -0.127. The fourth-order valence-electron chi connectivity index (χ4n) is 5.79. The zero-order chi connectivity index (χ0) is 23.7. The number of aromatic nitrogens is 5. The van der Waals surface area contributed by atoms with Crippen LogP contribution in [0.5, 0.6) is 0 Å². The molecule has 3 aromatic heterocycles. The van der Waals surface area contributed by atoms with Gasteiger partial charge in [-0.25, -0.2) is 9.97 Å². The summed E-state index contributed by atoms with van der Waals surface area (Å²) in [5.74, 6) is 1.56. The van der Waals surface area contributed by atoms with Gasteiger partial charge in [-0.3, -0.25) is 14.8 Å². The van der Waals surface area contributed by atoms with Gasteiger partial charge in [0.05, 0.1) is 36.0 Å². The minimum absolute atomic E-state index is 0.0636. The van der Waals surface area contributed by atoms with Crippen LogP contribution in [0.2, 0.25) is 0 Å². The van der Waals surface area contributed by atoms with Crippen LogP contribution in [0, 0.1) is 16.7 Å². The van der Waals surface area contributed by atoms with Gasteiger partial charge in [-0.05, 0) is 50.5 Å². The van der Waals surface area contributed by atoms with Crippen molar-refractivity contribution in [3.05, 3.63) is 23.5 Å². The number of aromatic amines is 2. The second kappa shape index (κ2) is 7.61. The number of carbonyl (C=O) groups is 1. The highest BCUT2D eigenvalue weighted by Gasteiger charge is 2.53. The molecule has 180 valence electrons. The third-order valence-corrected chi connectivity index (χ3v) is 8.06. The molecule has 1 saturated carbocycles. The van der Waals surface area contributed by atoms with E-state index in [9.17, 15) is 4.79 Å². The normalized spacial score (nSPS) is 24.6. The lowest BCUT2D eigenvalue weighted by Crippen LogP contribution is -2.48. The highest BCUT2D eigenvalue weighted by molar-refractivity contribution is 5.98. The molecule has 9 heteroatoms. The molecule has 2 atom stereocenters. The predicted octanol–water partition coefficient (Wildman–Crippen LogP) is 2.79. The first-order chi connectivity index (χ1) is 16.2. The van der Waals surface area contributed by atoms with Gasteiger partial charge >= 0.3 is 0 Å². The van der Waals surface area contributed by atoms with Crippen molar-refractivity contribution in [1.29, 1.82) is 0 Å². The first-order valence-electron chi connectivity index (χ1n) is 12.2. The molecule has 0 radical (unpaired) electrons. The largest absolute Gasteiger partial charge is 0.379 e. The number of nitrogens with zero attached hydrogens (tertiary/aromatic N) is 5. The molecule has 0 aromatic carbocycles. The second-order valence-electron chi connectivity index (χ2n) is 11.3. The quantitative estimate of drug-likeness (QED) is 0.603. The molecule has 3 aliphatic rings. The van der Waals surface area contributed by atoms with E-state index in [-0.39, 0.29) is 5.91 Å². The number of H-pyrrole nitrogens is 2. The van der Waals surface area contributed by atoms with E-state index >= 15 is 0 Å². The van der Waals surface area contributed by atoms with Gasteiger partial charge in [-0.2, -0.15) is 5.10 Å². The Balaban J connectivity index is 1.23. The van der Waals surface area contributed by atoms with E-state index in [2.05, 4.69) is 32.0 Å². The molecule has 0 bridgehead atoms. The minimum atomic E-state index is -0.522. The molecular formula is C25H33N7O2. The summed E-state index contributed by atoms with van der Waals surface area (Å²) in [6, 6.07) is 1.96. The number of amides is 1. The van der Waals surface area contributed by atoms with Gasteiger partial charge in [0.1, 0.15) is 5.69 Å². The molecule has 0 unspecified atom stereocenters. The van der Waals surface area contributed by atoms with E-state index in [0.717, 1.165) is 67.8 Å². The molecule has 2 aliphatic carbocycles. The molecular weight excluding hydrogens is 430 g/mol. The van der Waals surface area contributed by atoms with Gasteiger partial charge in [-0.1, -0.05) is 6.92 Å². The molecule has 3 aromatic rings. The minimum Gasteiger partial charge on any atom is -0.379 e. The van der Waals surface area contributed by atoms with E-state index in [0.29, 0.717) is 17.6 Å². The smallest absolute Gasteiger partial charge is 0.233 e. The molecule has 1 saturated heterocycles. The predicted molar refractivity (Wildman–Crippen MR) is 130 cm³/mol. The van der Waals surface area contributed by atoms with Crippen LogP contribution in [-0.4, -0.2) is 75.9 Å². The zero-order valence-electron chi connectivity index (χ0n) is 20.4. The lowest BCUT2D eigenvalue weighted by Gasteiger charge is -2.36. The highest BCUT2D eigenvalue weighted by atomic mass is 16.5. The number of ether oxygens (including phenoxy) is 1. The van der Waals surface area contributed by atoms with Crippen molar-refractivity contribution in [2.24, 2.45) is 16.7 Å². The van der Waals surface area contributed by atoms with Crippen molar-refractivity contribution < 1.29 is 9.53 Å². The molecule has 34 heavy (non-hydrogen) atoms. The molecule has 0 spiro atoms. The van der Waals surface area contributed by atoms with E-state index in [4.69, 9.17) is 9.72 Å². The average Bonchev–Trinajstić information content (AvgIpc) is 3.12. The monoisotopic (exact) mass is 463 g/mol. The van der Waals surface area contributed by atoms with Crippen LogP contribution in [0.3, 0.4) is 0 Å². The Morgan fingerprint density at radius 1 is 1.35 bits per heavy atom.